The van der Waals surface area contributed by atoms with Crippen molar-refractivity contribution >= 4 is 11.9 Å². The number of ether oxygens (including phenoxy) is 2. The molecule has 0 aliphatic rings. The van der Waals surface area contributed by atoms with Crippen molar-refractivity contribution in [1.82, 2.24) is 5.32 Å². The van der Waals surface area contributed by atoms with E-state index in [2.05, 4.69) is 5.32 Å². The molecule has 0 aliphatic carbocycles. The molecule has 3 N–H and O–H groups in total. The zero-order valence-electron chi connectivity index (χ0n) is 10.4. The maximum absolute atomic E-state index is 10.5. The van der Waals surface area contributed by atoms with Crippen molar-refractivity contribution in [2.75, 3.05) is 20.3 Å². The first-order valence-corrected chi connectivity index (χ1v) is 5.50. The smallest absolute Gasteiger partial charge is 0.341 e. The number of carboxylic acids is 2. The molecule has 0 aromatic heterocycles. The molecular formula is C12H15NO6. The maximum Gasteiger partial charge on any atom is 0.341 e. The van der Waals surface area contributed by atoms with Crippen LogP contribution in [0.25, 0.3) is 0 Å². The van der Waals surface area contributed by atoms with Gasteiger partial charge in [0.15, 0.2) is 13.2 Å². The first-order chi connectivity index (χ1) is 9.04. The van der Waals surface area contributed by atoms with Gasteiger partial charge in [-0.1, -0.05) is 6.07 Å². The molecule has 1 aromatic rings. The number of nitrogens with one attached hydrogen (secondary N) is 1. The molecule has 0 radical (unpaired) electrons. The van der Waals surface area contributed by atoms with Crippen molar-refractivity contribution in [2.45, 2.75) is 6.54 Å². The number of carboxylic acid groups (broad SMARTS) is 2. The van der Waals surface area contributed by atoms with Crippen LogP contribution in [0.15, 0.2) is 18.2 Å². The van der Waals surface area contributed by atoms with Crippen LogP contribution < -0.4 is 14.8 Å². The van der Waals surface area contributed by atoms with Crippen molar-refractivity contribution in [1.29, 1.82) is 0 Å². The third-order valence-electron chi connectivity index (χ3n) is 2.15. The molecule has 19 heavy (non-hydrogen) atoms. The topological polar surface area (TPSA) is 105 Å². The summed E-state index contributed by atoms with van der Waals surface area (Å²) in [6, 6.07) is 4.81. The SMILES string of the molecule is CNCc1c(OCC(=O)O)cccc1OCC(=O)O. The third kappa shape index (κ3) is 4.84. The molecule has 1 rings (SSSR count). The summed E-state index contributed by atoms with van der Waals surface area (Å²) >= 11 is 0. The Kier molecular flexibility index (Phi) is 5.62. The molecule has 7 heteroatoms. The first kappa shape index (κ1) is 14.8. The normalized spacial score (nSPS) is 9.95. The number of rotatable bonds is 8. The van der Waals surface area contributed by atoms with Gasteiger partial charge in [-0.05, 0) is 19.2 Å². The highest BCUT2D eigenvalue weighted by molar-refractivity contribution is 5.69. The zero-order valence-corrected chi connectivity index (χ0v) is 10.4. The van der Waals surface area contributed by atoms with E-state index in [-0.39, 0.29) is 0 Å². The molecule has 0 aliphatic heterocycles. The van der Waals surface area contributed by atoms with E-state index in [0.717, 1.165) is 0 Å². The fourth-order valence-electron chi connectivity index (χ4n) is 1.45. The molecule has 7 nitrogen and oxygen atoms in total. The van der Waals surface area contributed by atoms with Gasteiger partial charge in [0.25, 0.3) is 0 Å². The molecule has 0 saturated heterocycles. The van der Waals surface area contributed by atoms with E-state index < -0.39 is 25.2 Å². The Labute approximate surface area is 109 Å². The van der Waals surface area contributed by atoms with Crippen molar-refractivity contribution in [3.8, 4) is 11.5 Å². The molecule has 0 unspecified atom stereocenters. The summed E-state index contributed by atoms with van der Waals surface area (Å²) in [5.74, 6) is -1.49. The number of hydrogen-bond donors (Lipinski definition) is 3. The Morgan fingerprint density at radius 2 is 1.58 bits per heavy atom. The van der Waals surface area contributed by atoms with Crippen molar-refractivity contribution in [2.24, 2.45) is 0 Å². The van der Waals surface area contributed by atoms with Crippen LogP contribution in [0.1, 0.15) is 5.56 Å². The second-order valence-electron chi connectivity index (χ2n) is 3.63. The standard InChI is InChI=1S/C12H15NO6/c1-13-5-8-9(18-6-11(14)15)3-2-4-10(8)19-7-12(16)17/h2-4,13H,5-7H2,1H3,(H,14,15)(H,16,17). The van der Waals surface area contributed by atoms with Crippen LogP contribution in [0.4, 0.5) is 0 Å². The minimum atomic E-state index is -1.09. The van der Waals surface area contributed by atoms with E-state index in [1.54, 1.807) is 25.2 Å². The lowest BCUT2D eigenvalue weighted by Gasteiger charge is -2.14. The van der Waals surface area contributed by atoms with E-state index in [9.17, 15) is 9.59 Å². The Hall–Kier alpha value is -2.28. The Morgan fingerprint density at radius 3 is 1.95 bits per heavy atom. The van der Waals surface area contributed by atoms with Crippen LogP contribution in [-0.2, 0) is 16.1 Å². The highest BCUT2D eigenvalue weighted by atomic mass is 16.5. The minimum absolute atomic E-state index is 0.347. The van der Waals surface area contributed by atoms with E-state index >= 15 is 0 Å². The summed E-state index contributed by atoms with van der Waals surface area (Å²) in [5.41, 5.74) is 0.576. The van der Waals surface area contributed by atoms with Gasteiger partial charge < -0.3 is 25.0 Å². The lowest BCUT2D eigenvalue weighted by molar-refractivity contribution is -0.140. The number of carbonyl (C=O) groups is 2. The summed E-state index contributed by atoms with van der Waals surface area (Å²) in [7, 11) is 1.70. The molecule has 0 fully saturated rings. The summed E-state index contributed by atoms with van der Waals surface area (Å²) in [4.78, 5) is 21.0. The van der Waals surface area contributed by atoms with Crippen LogP contribution in [0.5, 0.6) is 11.5 Å². The lowest BCUT2D eigenvalue weighted by atomic mass is 10.1. The quantitative estimate of drug-likeness (QED) is 0.624. The number of hydrogen-bond acceptors (Lipinski definition) is 5. The summed E-state index contributed by atoms with van der Waals surface area (Å²) in [6.45, 7) is -0.580. The third-order valence-corrected chi connectivity index (χ3v) is 2.15. The second kappa shape index (κ2) is 7.22. The van der Waals surface area contributed by atoms with E-state index in [1.807, 2.05) is 0 Å². The summed E-state index contributed by atoms with van der Waals surface area (Å²) < 4.78 is 10.3. The molecule has 0 amide bonds. The van der Waals surface area contributed by atoms with E-state index in [0.29, 0.717) is 23.6 Å². The Bertz CT molecular complexity index is 423. The van der Waals surface area contributed by atoms with Gasteiger partial charge in [-0.25, -0.2) is 9.59 Å². The lowest BCUT2D eigenvalue weighted by Crippen LogP contribution is -2.15. The largest absolute Gasteiger partial charge is 0.481 e. The molecule has 0 saturated carbocycles. The van der Waals surface area contributed by atoms with Gasteiger partial charge in [0.1, 0.15) is 11.5 Å². The number of benzene rings is 1. The fourth-order valence-corrected chi connectivity index (χ4v) is 1.45. The van der Waals surface area contributed by atoms with Gasteiger partial charge in [0.05, 0.1) is 0 Å². The van der Waals surface area contributed by atoms with Crippen LogP contribution >= 0.6 is 0 Å². The van der Waals surface area contributed by atoms with Crippen LogP contribution in [0.3, 0.4) is 0 Å². The summed E-state index contributed by atoms with van der Waals surface area (Å²) in [5, 5.41) is 20.1. The average Bonchev–Trinajstić information content (AvgIpc) is 2.35. The highest BCUT2D eigenvalue weighted by Gasteiger charge is 2.12. The fraction of sp³-hybridized carbons (Fsp3) is 0.333. The molecule has 1 aromatic carbocycles. The van der Waals surface area contributed by atoms with Gasteiger partial charge in [0.2, 0.25) is 0 Å². The molecule has 104 valence electrons. The van der Waals surface area contributed by atoms with Crippen LogP contribution in [0, 0.1) is 0 Å². The average molecular weight is 269 g/mol. The van der Waals surface area contributed by atoms with Crippen molar-refractivity contribution in [3.63, 3.8) is 0 Å². The molecule has 0 bridgehead atoms. The van der Waals surface area contributed by atoms with Crippen molar-refractivity contribution in [3.05, 3.63) is 23.8 Å². The Morgan fingerprint density at radius 1 is 1.11 bits per heavy atom. The molecule has 0 heterocycles. The first-order valence-electron chi connectivity index (χ1n) is 5.50. The van der Waals surface area contributed by atoms with Gasteiger partial charge in [-0.2, -0.15) is 0 Å². The highest BCUT2D eigenvalue weighted by Crippen LogP contribution is 2.28. The van der Waals surface area contributed by atoms with Crippen molar-refractivity contribution < 1.29 is 29.3 Å². The van der Waals surface area contributed by atoms with Crippen LogP contribution in [-0.4, -0.2) is 42.4 Å². The van der Waals surface area contributed by atoms with E-state index in [4.69, 9.17) is 19.7 Å². The predicted octanol–water partition coefficient (Wildman–Crippen LogP) is 0.333. The van der Waals surface area contributed by atoms with Gasteiger partial charge in [-0.15, -0.1) is 0 Å². The molecular weight excluding hydrogens is 254 g/mol. The number of aliphatic carboxylic acids is 2. The minimum Gasteiger partial charge on any atom is -0.481 e. The zero-order chi connectivity index (χ0) is 14.3. The van der Waals surface area contributed by atoms with E-state index in [1.165, 1.54) is 0 Å². The monoisotopic (exact) mass is 269 g/mol. The van der Waals surface area contributed by atoms with Gasteiger partial charge in [-0.3, -0.25) is 0 Å². The van der Waals surface area contributed by atoms with Gasteiger partial charge in [0, 0.05) is 12.1 Å². The predicted molar refractivity (Wildman–Crippen MR) is 65.5 cm³/mol. The molecule has 0 atom stereocenters. The molecule has 0 spiro atoms. The summed E-state index contributed by atoms with van der Waals surface area (Å²) in [6.07, 6.45) is 0. The Balaban J connectivity index is 2.92. The van der Waals surface area contributed by atoms with Gasteiger partial charge >= 0.3 is 11.9 Å². The maximum atomic E-state index is 10.5. The van der Waals surface area contributed by atoms with Crippen LogP contribution in [0.2, 0.25) is 0 Å². The second-order valence-corrected chi connectivity index (χ2v) is 3.63.